The predicted octanol–water partition coefficient (Wildman–Crippen LogP) is 2.06. The number of fused-ring (bicyclic) bond motifs is 1. The summed E-state index contributed by atoms with van der Waals surface area (Å²) in [6, 6.07) is 8.69. The van der Waals surface area contributed by atoms with Gasteiger partial charge in [0.2, 0.25) is 0 Å². The summed E-state index contributed by atoms with van der Waals surface area (Å²) in [5.41, 5.74) is 2.65. The van der Waals surface area contributed by atoms with E-state index in [0.717, 1.165) is 52.1 Å². The number of rotatable bonds is 6. The van der Waals surface area contributed by atoms with Gasteiger partial charge in [-0.25, -0.2) is 0 Å². The van der Waals surface area contributed by atoms with Crippen LogP contribution in [-0.2, 0) is 6.54 Å². The Bertz CT molecular complexity index is 558. The van der Waals surface area contributed by atoms with Crippen LogP contribution < -0.4 is 0 Å². The van der Waals surface area contributed by atoms with E-state index < -0.39 is 0 Å². The molecule has 2 heterocycles. The number of nitrogens with zero attached hydrogens (tertiary/aromatic N) is 2. The van der Waals surface area contributed by atoms with Crippen molar-refractivity contribution in [2.24, 2.45) is 0 Å². The van der Waals surface area contributed by atoms with Crippen molar-refractivity contribution in [1.82, 2.24) is 14.8 Å². The molecule has 0 spiro atoms. The zero-order valence-electron chi connectivity index (χ0n) is 12.6. The molecule has 114 valence electrons. The molecule has 1 aliphatic heterocycles. The lowest BCUT2D eigenvalue weighted by molar-refractivity contribution is 0.124. The van der Waals surface area contributed by atoms with Gasteiger partial charge in [-0.2, -0.15) is 0 Å². The molecule has 0 saturated carbocycles. The van der Waals surface area contributed by atoms with E-state index in [-0.39, 0.29) is 0 Å². The van der Waals surface area contributed by atoms with Gasteiger partial charge in [0.15, 0.2) is 0 Å². The molecule has 0 atom stereocenters. The maximum atomic E-state index is 8.84. The van der Waals surface area contributed by atoms with Gasteiger partial charge in [-0.05, 0) is 37.1 Å². The molecule has 0 radical (unpaired) electrons. The molecule has 0 unspecified atom stereocenters. The molecule has 21 heavy (non-hydrogen) atoms. The van der Waals surface area contributed by atoms with Gasteiger partial charge in [-0.1, -0.05) is 12.1 Å². The molecule has 2 N–H and O–H groups in total. The van der Waals surface area contributed by atoms with Gasteiger partial charge in [0.05, 0.1) is 0 Å². The van der Waals surface area contributed by atoms with E-state index >= 15 is 0 Å². The van der Waals surface area contributed by atoms with Crippen molar-refractivity contribution < 1.29 is 5.11 Å². The normalized spacial score (nSPS) is 17.6. The molecule has 1 aromatic carbocycles. The molecule has 4 heteroatoms. The van der Waals surface area contributed by atoms with Gasteiger partial charge < -0.3 is 15.0 Å². The molecule has 4 nitrogen and oxygen atoms in total. The molecule has 0 bridgehead atoms. The highest BCUT2D eigenvalue weighted by Crippen LogP contribution is 2.19. The van der Waals surface area contributed by atoms with E-state index in [0.29, 0.717) is 6.61 Å². The van der Waals surface area contributed by atoms with E-state index in [2.05, 4.69) is 39.0 Å². The SMILES string of the molecule is OCCCCN1CCN(Cc2cccc3[nH]ccc23)CC1. The van der Waals surface area contributed by atoms with Crippen molar-refractivity contribution in [3.05, 3.63) is 36.0 Å². The molecular formula is C17H25N3O. The first-order valence-electron chi connectivity index (χ1n) is 7.97. The van der Waals surface area contributed by atoms with E-state index in [9.17, 15) is 0 Å². The quantitative estimate of drug-likeness (QED) is 0.799. The lowest BCUT2D eigenvalue weighted by Crippen LogP contribution is -2.46. The van der Waals surface area contributed by atoms with Crippen LogP contribution >= 0.6 is 0 Å². The number of nitrogens with one attached hydrogen (secondary N) is 1. The average Bonchev–Trinajstić information content (AvgIpc) is 2.99. The number of aromatic nitrogens is 1. The van der Waals surface area contributed by atoms with Crippen LogP contribution in [0.3, 0.4) is 0 Å². The van der Waals surface area contributed by atoms with Gasteiger partial charge in [-0.15, -0.1) is 0 Å². The second-order valence-electron chi connectivity index (χ2n) is 5.90. The zero-order chi connectivity index (χ0) is 14.5. The van der Waals surface area contributed by atoms with Gasteiger partial charge in [0.1, 0.15) is 0 Å². The smallest absolute Gasteiger partial charge is 0.0457 e. The first-order valence-corrected chi connectivity index (χ1v) is 7.97. The van der Waals surface area contributed by atoms with Crippen LogP contribution in [0.5, 0.6) is 0 Å². The number of H-pyrrole nitrogens is 1. The number of hydrogen-bond acceptors (Lipinski definition) is 3. The first kappa shape index (κ1) is 14.6. The van der Waals surface area contributed by atoms with Crippen molar-refractivity contribution in [2.75, 3.05) is 39.3 Å². The lowest BCUT2D eigenvalue weighted by atomic mass is 10.1. The summed E-state index contributed by atoms with van der Waals surface area (Å²) >= 11 is 0. The molecule has 3 rings (SSSR count). The number of aromatic amines is 1. The fourth-order valence-electron chi connectivity index (χ4n) is 3.15. The third-order valence-corrected chi connectivity index (χ3v) is 4.43. The Hall–Kier alpha value is -1.36. The Morgan fingerprint density at radius 2 is 1.81 bits per heavy atom. The molecule has 1 saturated heterocycles. The van der Waals surface area contributed by atoms with E-state index in [1.807, 2.05) is 6.20 Å². The van der Waals surface area contributed by atoms with Crippen molar-refractivity contribution in [3.63, 3.8) is 0 Å². The van der Waals surface area contributed by atoms with Crippen LogP contribution in [-0.4, -0.2) is 59.2 Å². The number of piperazine rings is 1. The maximum Gasteiger partial charge on any atom is 0.0457 e. The van der Waals surface area contributed by atoms with Crippen LogP contribution in [0.4, 0.5) is 0 Å². The van der Waals surface area contributed by atoms with Crippen molar-refractivity contribution >= 4 is 10.9 Å². The number of hydrogen-bond donors (Lipinski definition) is 2. The molecule has 2 aromatic rings. The lowest BCUT2D eigenvalue weighted by Gasteiger charge is -2.34. The molecule has 0 amide bonds. The highest BCUT2D eigenvalue weighted by atomic mass is 16.2. The van der Waals surface area contributed by atoms with Gasteiger partial charge in [0, 0.05) is 56.4 Å². The van der Waals surface area contributed by atoms with E-state index in [1.165, 1.54) is 16.5 Å². The fraction of sp³-hybridized carbons (Fsp3) is 0.529. The highest BCUT2D eigenvalue weighted by Gasteiger charge is 2.17. The Morgan fingerprint density at radius 1 is 1.00 bits per heavy atom. The van der Waals surface area contributed by atoms with Crippen LogP contribution in [0.25, 0.3) is 10.9 Å². The molecule has 1 fully saturated rings. The third-order valence-electron chi connectivity index (χ3n) is 4.43. The fourth-order valence-corrected chi connectivity index (χ4v) is 3.15. The van der Waals surface area contributed by atoms with Crippen molar-refractivity contribution in [2.45, 2.75) is 19.4 Å². The molecular weight excluding hydrogens is 262 g/mol. The highest BCUT2D eigenvalue weighted by molar-refractivity contribution is 5.82. The van der Waals surface area contributed by atoms with Gasteiger partial charge >= 0.3 is 0 Å². The number of unbranched alkanes of at least 4 members (excludes halogenated alkanes) is 1. The number of aliphatic hydroxyl groups excluding tert-OH is 1. The van der Waals surface area contributed by atoms with Crippen molar-refractivity contribution in [1.29, 1.82) is 0 Å². The topological polar surface area (TPSA) is 42.5 Å². The first-order chi connectivity index (χ1) is 10.4. The summed E-state index contributed by atoms with van der Waals surface area (Å²) in [7, 11) is 0. The minimum absolute atomic E-state index is 0.320. The van der Waals surface area contributed by atoms with Crippen LogP contribution in [0.1, 0.15) is 18.4 Å². The van der Waals surface area contributed by atoms with Crippen LogP contribution in [0.2, 0.25) is 0 Å². The van der Waals surface area contributed by atoms with Gasteiger partial charge in [0.25, 0.3) is 0 Å². The van der Waals surface area contributed by atoms with Crippen LogP contribution in [0, 0.1) is 0 Å². The molecule has 0 aliphatic carbocycles. The molecule has 1 aliphatic rings. The average molecular weight is 287 g/mol. The Morgan fingerprint density at radius 3 is 2.62 bits per heavy atom. The third kappa shape index (κ3) is 3.64. The van der Waals surface area contributed by atoms with E-state index in [1.54, 1.807) is 0 Å². The second-order valence-corrected chi connectivity index (χ2v) is 5.90. The maximum absolute atomic E-state index is 8.84. The zero-order valence-corrected chi connectivity index (χ0v) is 12.6. The minimum Gasteiger partial charge on any atom is -0.396 e. The standard InChI is InChI=1S/C17H25N3O/c21-13-2-1-8-19-9-11-20(12-10-19)14-15-4-3-5-17-16(15)6-7-18-17/h3-7,18,21H,1-2,8-14H2. The van der Waals surface area contributed by atoms with Crippen molar-refractivity contribution in [3.8, 4) is 0 Å². The summed E-state index contributed by atoms with van der Waals surface area (Å²) in [5, 5.41) is 10.2. The Labute approximate surface area is 126 Å². The number of benzene rings is 1. The summed E-state index contributed by atoms with van der Waals surface area (Å²) in [6.45, 7) is 7.06. The number of aliphatic hydroxyl groups is 1. The second kappa shape index (κ2) is 7.07. The summed E-state index contributed by atoms with van der Waals surface area (Å²) in [4.78, 5) is 8.35. The Balaban J connectivity index is 1.52. The molecule has 1 aromatic heterocycles. The summed E-state index contributed by atoms with van der Waals surface area (Å²) < 4.78 is 0. The Kier molecular flexibility index (Phi) is 4.91. The summed E-state index contributed by atoms with van der Waals surface area (Å²) in [6.07, 6.45) is 4.06. The van der Waals surface area contributed by atoms with Gasteiger partial charge in [-0.3, -0.25) is 4.90 Å². The monoisotopic (exact) mass is 287 g/mol. The largest absolute Gasteiger partial charge is 0.396 e. The summed E-state index contributed by atoms with van der Waals surface area (Å²) in [5.74, 6) is 0. The van der Waals surface area contributed by atoms with E-state index in [4.69, 9.17) is 5.11 Å². The van der Waals surface area contributed by atoms with Crippen LogP contribution in [0.15, 0.2) is 30.5 Å². The minimum atomic E-state index is 0.320. The predicted molar refractivity (Wildman–Crippen MR) is 86.3 cm³/mol.